The molecule has 0 fully saturated rings. The molecule has 8 nitrogen and oxygen atoms in total. The summed E-state index contributed by atoms with van der Waals surface area (Å²) < 4.78 is 5.16. The van der Waals surface area contributed by atoms with E-state index < -0.39 is 11.8 Å². The van der Waals surface area contributed by atoms with E-state index in [1.165, 1.54) is 6.20 Å². The molecule has 0 saturated carbocycles. The maximum atomic E-state index is 13.0. The van der Waals surface area contributed by atoms with Crippen LogP contribution >= 0.6 is 0 Å². The second kappa shape index (κ2) is 8.91. The first kappa shape index (κ1) is 19.8. The molecule has 8 heteroatoms. The summed E-state index contributed by atoms with van der Waals surface area (Å²) in [7, 11) is 1.59. The predicted octanol–water partition coefficient (Wildman–Crippen LogP) is 3.09. The zero-order valence-corrected chi connectivity index (χ0v) is 16.6. The number of ether oxygens (including phenoxy) is 1. The molecule has 1 aromatic heterocycles. The Balaban J connectivity index is 1.63. The molecule has 0 spiro atoms. The second-order valence-electron chi connectivity index (χ2n) is 6.53. The highest BCUT2D eigenvalue weighted by Gasteiger charge is 2.32. The molecule has 0 atom stereocenters. The molecule has 0 bridgehead atoms. The van der Waals surface area contributed by atoms with Crippen molar-refractivity contribution in [3.8, 4) is 5.75 Å². The molecule has 4 rings (SSSR count). The van der Waals surface area contributed by atoms with E-state index in [4.69, 9.17) is 4.74 Å². The molecule has 2 heterocycles. The fourth-order valence-electron chi connectivity index (χ4n) is 2.87. The van der Waals surface area contributed by atoms with Crippen LogP contribution in [0.15, 0.2) is 89.7 Å². The first-order valence-electron chi connectivity index (χ1n) is 9.47. The van der Waals surface area contributed by atoms with Crippen molar-refractivity contribution < 1.29 is 14.3 Å². The van der Waals surface area contributed by atoms with E-state index in [0.29, 0.717) is 5.75 Å². The molecule has 2 aromatic carbocycles. The van der Waals surface area contributed by atoms with E-state index in [2.05, 4.69) is 20.7 Å². The lowest BCUT2D eigenvalue weighted by molar-refractivity contribution is -0.124. The molecular formula is C23H19N5O3. The lowest BCUT2D eigenvalue weighted by Gasteiger charge is -2.19. The summed E-state index contributed by atoms with van der Waals surface area (Å²) in [5.74, 6) is -0.111. The summed E-state index contributed by atoms with van der Waals surface area (Å²) in [6.07, 6.45) is 3.15. The Labute approximate surface area is 178 Å². The number of benzene rings is 2. The Morgan fingerprint density at radius 3 is 2.42 bits per heavy atom. The van der Waals surface area contributed by atoms with Crippen molar-refractivity contribution in [2.24, 2.45) is 4.99 Å². The lowest BCUT2D eigenvalue weighted by Crippen LogP contribution is -2.49. The van der Waals surface area contributed by atoms with Gasteiger partial charge in [0.15, 0.2) is 0 Å². The minimum Gasteiger partial charge on any atom is -0.497 e. The molecule has 3 aromatic rings. The van der Waals surface area contributed by atoms with Crippen molar-refractivity contribution in [2.75, 3.05) is 12.4 Å². The van der Waals surface area contributed by atoms with Crippen LogP contribution in [0.5, 0.6) is 5.75 Å². The fourth-order valence-corrected chi connectivity index (χ4v) is 2.87. The molecule has 0 saturated heterocycles. The van der Waals surface area contributed by atoms with E-state index in [-0.39, 0.29) is 17.4 Å². The minimum absolute atomic E-state index is 0.171. The third-order valence-electron chi connectivity index (χ3n) is 4.42. The molecule has 1 aliphatic rings. The van der Waals surface area contributed by atoms with Gasteiger partial charge in [-0.1, -0.05) is 36.4 Å². The molecule has 0 radical (unpaired) electrons. The number of nitrogens with zero attached hydrogens (tertiary/aromatic N) is 3. The lowest BCUT2D eigenvalue weighted by atomic mass is 10.2. The highest BCUT2D eigenvalue weighted by atomic mass is 16.5. The SMILES string of the molecule is COc1ccc(/C=C2\N=C(Nc3ccccc3)N(NC(=O)c3ccccn3)C2=O)cc1. The van der Waals surface area contributed by atoms with Gasteiger partial charge < -0.3 is 10.1 Å². The first-order valence-corrected chi connectivity index (χ1v) is 9.47. The maximum Gasteiger partial charge on any atom is 0.298 e. The normalized spacial score (nSPS) is 14.4. The number of rotatable bonds is 5. The summed E-state index contributed by atoms with van der Waals surface area (Å²) in [5, 5.41) is 4.15. The molecule has 0 unspecified atom stereocenters. The number of carbonyl (C=O) groups is 2. The van der Waals surface area contributed by atoms with Gasteiger partial charge in [0, 0.05) is 11.9 Å². The highest BCUT2D eigenvalue weighted by molar-refractivity contribution is 6.18. The Kier molecular flexibility index (Phi) is 5.70. The summed E-state index contributed by atoms with van der Waals surface area (Å²) in [4.78, 5) is 34.1. The number of aliphatic imine (C=N–C) groups is 1. The molecule has 31 heavy (non-hydrogen) atoms. The van der Waals surface area contributed by atoms with E-state index >= 15 is 0 Å². The number of pyridine rings is 1. The first-order chi connectivity index (χ1) is 15.1. The van der Waals surface area contributed by atoms with Gasteiger partial charge in [0.2, 0.25) is 5.96 Å². The largest absolute Gasteiger partial charge is 0.497 e. The summed E-state index contributed by atoms with van der Waals surface area (Å²) in [6.45, 7) is 0. The third kappa shape index (κ3) is 4.59. The molecule has 2 amide bonds. The van der Waals surface area contributed by atoms with Crippen molar-refractivity contribution >= 4 is 29.5 Å². The number of carbonyl (C=O) groups excluding carboxylic acids is 2. The summed E-state index contributed by atoms with van der Waals surface area (Å²) >= 11 is 0. The summed E-state index contributed by atoms with van der Waals surface area (Å²) in [6, 6.07) is 21.4. The number of para-hydroxylation sites is 1. The number of methoxy groups -OCH3 is 1. The van der Waals surface area contributed by atoms with Gasteiger partial charge in [0.25, 0.3) is 11.8 Å². The van der Waals surface area contributed by atoms with Crippen molar-refractivity contribution in [1.82, 2.24) is 15.4 Å². The minimum atomic E-state index is -0.526. The van der Waals surface area contributed by atoms with Gasteiger partial charge >= 0.3 is 0 Å². The van der Waals surface area contributed by atoms with Crippen LogP contribution in [0.25, 0.3) is 6.08 Å². The van der Waals surface area contributed by atoms with Gasteiger partial charge in [-0.15, -0.1) is 0 Å². The maximum absolute atomic E-state index is 13.0. The van der Waals surface area contributed by atoms with Gasteiger partial charge in [-0.05, 0) is 48.0 Å². The van der Waals surface area contributed by atoms with Crippen LogP contribution in [0.2, 0.25) is 0 Å². The fraction of sp³-hybridized carbons (Fsp3) is 0.0435. The standard InChI is InChI=1S/C23H19N5O3/c1-31-18-12-10-16(11-13-18)15-20-22(30)28(27-21(29)19-9-5-6-14-24-19)23(26-20)25-17-7-3-2-4-8-17/h2-15H,1H3,(H,25,26)(H,27,29)/b20-15-. The van der Waals surface area contributed by atoms with Crippen LogP contribution in [0, 0.1) is 0 Å². The van der Waals surface area contributed by atoms with Crippen LogP contribution in [0.1, 0.15) is 16.1 Å². The van der Waals surface area contributed by atoms with Gasteiger partial charge in [-0.25, -0.2) is 4.99 Å². The Morgan fingerprint density at radius 1 is 1.00 bits per heavy atom. The van der Waals surface area contributed by atoms with E-state index in [9.17, 15) is 9.59 Å². The number of hydrazine groups is 1. The Hall–Kier alpha value is -4.46. The third-order valence-corrected chi connectivity index (χ3v) is 4.42. The van der Waals surface area contributed by atoms with Crippen molar-refractivity contribution in [3.63, 3.8) is 0 Å². The number of hydrogen-bond acceptors (Lipinski definition) is 6. The average Bonchev–Trinajstić information content (AvgIpc) is 3.09. The van der Waals surface area contributed by atoms with Crippen molar-refractivity contribution in [1.29, 1.82) is 0 Å². The molecule has 0 aliphatic carbocycles. The number of amides is 2. The smallest absolute Gasteiger partial charge is 0.298 e. The van der Waals surface area contributed by atoms with Crippen molar-refractivity contribution in [3.05, 3.63) is 95.9 Å². The predicted molar refractivity (Wildman–Crippen MR) is 117 cm³/mol. The zero-order chi connectivity index (χ0) is 21.6. The quantitative estimate of drug-likeness (QED) is 0.627. The molecule has 1 aliphatic heterocycles. The topological polar surface area (TPSA) is 95.9 Å². The van der Waals surface area contributed by atoms with E-state index in [0.717, 1.165) is 16.3 Å². The van der Waals surface area contributed by atoms with Crippen molar-refractivity contribution in [2.45, 2.75) is 0 Å². The monoisotopic (exact) mass is 413 g/mol. The van der Waals surface area contributed by atoms with E-state index in [1.54, 1.807) is 43.5 Å². The number of hydrogen-bond donors (Lipinski definition) is 2. The van der Waals surface area contributed by atoms with Gasteiger partial charge in [0.1, 0.15) is 17.1 Å². The molecule has 154 valence electrons. The Bertz CT molecular complexity index is 1140. The molecule has 2 N–H and O–H groups in total. The van der Waals surface area contributed by atoms with Crippen LogP contribution in [-0.4, -0.2) is 34.9 Å². The van der Waals surface area contributed by atoms with E-state index in [1.807, 2.05) is 42.5 Å². The Morgan fingerprint density at radius 2 is 1.74 bits per heavy atom. The highest BCUT2D eigenvalue weighted by Crippen LogP contribution is 2.20. The number of anilines is 1. The van der Waals surface area contributed by atoms with Crippen LogP contribution < -0.4 is 15.5 Å². The zero-order valence-electron chi connectivity index (χ0n) is 16.6. The number of nitrogens with one attached hydrogen (secondary N) is 2. The summed E-state index contributed by atoms with van der Waals surface area (Å²) in [5.41, 5.74) is 4.42. The van der Waals surface area contributed by atoms with Crippen LogP contribution in [0.3, 0.4) is 0 Å². The van der Waals surface area contributed by atoms with Crippen LogP contribution in [0.4, 0.5) is 5.69 Å². The van der Waals surface area contributed by atoms with Gasteiger partial charge in [-0.2, -0.15) is 5.01 Å². The van der Waals surface area contributed by atoms with Gasteiger partial charge in [0.05, 0.1) is 7.11 Å². The van der Waals surface area contributed by atoms with Gasteiger partial charge in [-0.3, -0.25) is 20.0 Å². The van der Waals surface area contributed by atoms with Crippen LogP contribution in [-0.2, 0) is 4.79 Å². The molecular weight excluding hydrogens is 394 g/mol. The average molecular weight is 413 g/mol. The second-order valence-corrected chi connectivity index (χ2v) is 6.53. The number of guanidine groups is 1. The number of aromatic nitrogens is 1.